The minimum Gasteiger partial charge on any atom is -0.390 e. The van der Waals surface area contributed by atoms with Crippen molar-refractivity contribution in [2.24, 2.45) is 0 Å². The molecule has 0 amide bonds. The molecule has 1 aliphatic heterocycles. The average molecular weight is 635 g/mol. The number of phosphoric ester groups is 1. The first-order valence-electron chi connectivity index (χ1n) is 11.1. The number of aliphatic hydroxyl groups excluding tert-OH is 1. The van der Waals surface area contributed by atoms with Crippen LogP contribution in [0.25, 0.3) is 6.08 Å². The summed E-state index contributed by atoms with van der Waals surface area (Å²) < 4.78 is 28.5. The normalized spacial score (nSPS) is 21.4. The molecule has 1 fully saturated rings. The molecule has 0 saturated carbocycles. The fourth-order valence-corrected chi connectivity index (χ4v) is 4.68. The first-order chi connectivity index (χ1) is 18.4. The Labute approximate surface area is 228 Å². The number of hydrogen-bond acceptors (Lipinski definition) is 12. The van der Waals surface area contributed by atoms with Crippen molar-refractivity contribution in [3.05, 3.63) is 72.0 Å². The van der Waals surface area contributed by atoms with E-state index in [0.29, 0.717) is 0 Å². The Morgan fingerprint density at radius 3 is 2.67 bits per heavy atom. The predicted octanol–water partition coefficient (Wildman–Crippen LogP) is 1.58. The summed E-state index contributed by atoms with van der Waals surface area (Å²) in [7, 11) is -3.80. The monoisotopic (exact) mass is 634 g/mol. The number of carbonyl (C=O) groups is 1. The highest BCUT2D eigenvalue weighted by Gasteiger charge is 2.39. The second-order valence-electron chi connectivity index (χ2n) is 8.11. The van der Waals surface area contributed by atoms with E-state index in [9.17, 15) is 39.1 Å². The van der Waals surface area contributed by atoms with Gasteiger partial charge in [-0.05, 0) is 30.1 Å². The number of nitro groups is 1. The maximum absolute atomic E-state index is 12.5. The molecule has 1 aliphatic rings. The van der Waals surface area contributed by atoms with Crippen molar-refractivity contribution in [3.63, 3.8) is 0 Å². The molecule has 39 heavy (non-hydrogen) atoms. The van der Waals surface area contributed by atoms with E-state index in [1.807, 2.05) is 0 Å². The molecule has 2 heterocycles. The van der Waals surface area contributed by atoms with Gasteiger partial charge in [0.2, 0.25) is 0 Å². The summed E-state index contributed by atoms with van der Waals surface area (Å²) >= 11 is 3.04. The number of nitrogens with one attached hydrogen (secondary N) is 1. The van der Waals surface area contributed by atoms with Gasteiger partial charge in [0.25, 0.3) is 11.2 Å². The summed E-state index contributed by atoms with van der Waals surface area (Å²) in [5, 5.41) is 22.2. The molecule has 0 radical (unpaired) electrons. The Morgan fingerprint density at radius 2 is 2.08 bits per heavy atom. The molecule has 0 aliphatic carbocycles. The molecule has 18 heteroatoms. The molecule has 212 valence electrons. The maximum atomic E-state index is 12.5. The van der Waals surface area contributed by atoms with Gasteiger partial charge in [-0.2, -0.15) is 0 Å². The van der Waals surface area contributed by atoms with E-state index in [-0.39, 0.29) is 23.4 Å². The van der Waals surface area contributed by atoms with E-state index in [2.05, 4.69) is 25.4 Å². The number of hydroxylamine groups is 1. The number of H-pyrrole nitrogens is 1. The summed E-state index contributed by atoms with van der Waals surface area (Å²) in [4.78, 5) is 65.6. The Kier molecular flexibility index (Phi) is 9.95. The highest BCUT2D eigenvalue weighted by atomic mass is 79.9. The van der Waals surface area contributed by atoms with Crippen LogP contribution in [-0.4, -0.2) is 62.4 Å². The number of ether oxygens (including phenoxy) is 1. The van der Waals surface area contributed by atoms with Gasteiger partial charge in [0.15, 0.2) is 6.04 Å². The fourth-order valence-electron chi connectivity index (χ4n) is 3.63. The number of nitrogens with zero attached hydrogens (tertiary/aromatic N) is 3. The minimum atomic E-state index is -5.01. The number of aromatic amines is 1. The van der Waals surface area contributed by atoms with Gasteiger partial charge in [0.05, 0.1) is 36.0 Å². The van der Waals surface area contributed by atoms with Crippen LogP contribution in [-0.2, 0) is 28.0 Å². The van der Waals surface area contributed by atoms with Crippen molar-refractivity contribution in [1.82, 2.24) is 9.55 Å². The molecular weight excluding hydrogens is 611 g/mol. The zero-order valence-electron chi connectivity index (χ0n) is 20.4. The molecule has 3 N–H and O–H groups in total. The fraction of sp³-hybridized carbons (Fsp3) is 0.381. The molecule has 1 saturated heterocycles. The molecule has 3 rings (SSSR count). The van der Waals surface area contributed by atoms with Gasteiger partial charge >= 0.3 is 19.5 Å². The molecule has 5 atom stereocenters. The van der Waals surface area contributed by atoms with E-state index in [1.54, 1.807) is 0 Å². The third kappa shape index (κ3) is 7.48. The summed E-state index contributed by atoms with van der Waals surface area (Å²) in [5.74, 6) is -1.22. The second-order valence-corrected chi connectivity index (χ2v) is 10.0. The predicted molar refractivity (Wildman–Crippen MR) is 138 cm³/mol. The Bertz CT molecular complexity index is 1390. The standard InChI is InChI=1S/C21H24BrN4O12P/c1-12(25(35-2)14-3-5-15(6-4-14)26(31)32)20(29)38-39(33,34)36-11-17-16(27)9-18(37-17)24-10-13(7-8-22)19(28)23-21(24)30/h3-8,10,12,16-18,27H,9,11H2,1-2H3,(H,33,34)(H,23,28,30)/b8-7+/t12-,16-,17+,18+/m0/s1. The molecule has 1 aromatic heterocycles. The minimum absolute atomic E-state index is 0.109. The van der Waals surface area contributed by atoms with Crippen LogP contribution in [0, 0.1) is 10.1 Å². The number of hydrogen-bond donors (Lipinski definition) is 3. The Morgan fingerprint density at radius 1 is 1.41 bits per heavy atom. The van der Waals surface area contributed by atoms with Crippen LogP contribution >= 0.6 is 23.8 Å². The topological polar surface area (TPSA) is 213 Å². The third-order valence-corrected chi connectivity index (χ3v) is 6.71. The number of nitro benzene ring substituents is 1. The number of benzene rings is 1. The largest absolute Gasteiger partial charge is 0.529 e. The number of aliphatic hydroxyl groups is 1. The van der Waals surface area contributed by atoms with Crippen LogP contribution in [0.3, 0.4) is 0 Å². The van der Waals surface area contributed by atoms with Crippen LogP contribution < -0.4 is 16.3 Å². The van der Waals surface area contributed by atoms with Crippen molar-refractivity contribution >= 4 is 47.2 Å². The van der Waals surface area contributed by atoms with Crippen LogP contribution in [0.15, 0.2) is 45.0 Å². The number of phosphoric acid groups is 1. The number of carbonyl (C=O) groups excluding carboxylic acids is 1. The van der Waals surface area contributed by atoms with Crippen LogP contribution in [0.1, 0.15) is 25.1 Å². The lowest BCUT2D eigenvalue weighted by atomic mass is 10.2. The van der Waals surface area contributed by atoms with Gasteiger partial charge in [0.1, 0.15) is 12.3 Å². The molecule has 0 spiro atoms. The number of halogens is 1. The summed E-state index contributed by atoms with van der Waals surface area (Å²) in [6, 6.07) is 3.69. The van der Waals surface area contributed by atoms with Gasteiger partial charge in [-0.1, -0.05) is 15.9 Å². The van der Waals surface area contributed by atoms with Crippen molar-refractivity contribution in [3.8, 4) is 0 Å². The summed E-state index contributed by atoms with van der Waals surface area (Å²) in [6.07, 6.45) is -0.933. The lowest BCUT2D eigenvalue weighted by Gasteiger charge is -2.27. The van der Waals surface area contributed by atoms with Crippen molar-refractivity contribution in [2.45, 2.75) is 37.8 Å². The quantitative estimate of drug-likeness (QED) is 0.182. The Hall–Kier alpha value is -3.18. The van der Waals surface area contributed by atoms with Gasteiger partial charge in [-0.3, -0.25) is 38.7 Å². The number of non-ortho nitro benzene ring substituents is 1. The molecular formula is C21H24BrN4O12P. The lowest BCUT2D eigenvalue weighted by molar-refractivity contribution is -0.384. The first kappa shape index (κ1) is 30.4. The third-order valence-electron chi connectivity index (χ3n) is 5.56. The van der Waals surface area contributed by atoms with Gasteiger partial charge in [0, 0.05) is 24.8 Å². The van der Waals surface area contributed by atoms with E-state index < -0.39 is 61.0 Å². The van der Waals surface area contributed by atoms with E-state index in [1.165, 1.54) is 55.6 Å². The van der Waals surface area contributed by atoms with Gasteiger partial charge < -0.3 is 14.4 Å². The highest BCUT2D eigenvalue weighted by molar-refractivity contribution is 9.11. The van der Waals surface area contributed by atoms with E-state index >= 15 is 0 Å². The van der Waals surface area contributed by atoms with Crippen molar-refractivity contribution in [2.75, 3.05) is 18.8 Å². The second kappa shape index (κ2) is 12.8. The SMILES string of the molecule is CON(c1ccc([N+](=O)[O-])cc1)[C@@H](C)C(=O)OP(=O)(O)OC[C@H]1O[C@@H](n2cc(/C=C/Br)c(=O)[nH]c2=O)C[C@@H]1O. The average Bonchev–Trinajstić information content (AvgIpc) is 3.25. The summed E-state index contributed by atoms with van der Waals surface area (Å²) in [5.41, 5.74) is -1.27. The zero-order valence-corrected chi connectivity index (χ0v) is 22.9. The van der Waals surface area contributed by atoms with Crippen molar-refractivity contribution < 1.29 is 42.9 Å². The van der Waals surface area contributed by atoms with Gasteiger partial charge in [-0.25, -0.2) is 19.2 Å². The first-order valence-corrected chi connectivity index (χ1v) is 13.5. The number of anilines is 1. The lowest BCUT2D eigenvalue weighted by Crippen LogP contribution is -2.39. The molecule has 1 aromatic carbocycles. The Balaban J connectivity index is 1.62. The molecule has 2 aromatic rings. The molecule has 1 unspecified atom stereocenters. The van der Waals surface area contributed by atoms with E-state index in [0.717, 1.165) is 9.63 Å². The van der Waals surface area contributed by atoms with E-state index in [4.69, 9.17) is 14.1 Å². The van der Waals surface area contributed by atoms with Crippen molar-refractivity contribution in [1.29, 1.82) is 0 Å². The molecule has 16 nitrogen and oxygen atoms in total. The number of rotatable bonds is 11. The van der Waals surface area contributed by atoms with Gasteiger partial charge in [-0.15, -0.1) is 0 Å². The smallest absolute Gasteiger partial charge is 0.390 e. The number of aromatic nitrogens is 2. The zero-order chi connectivity index (χ0) is 28.9. The highest BCUT2D eigenvalue weighted by Crippen LogP contribution is 2.45. The van der Waals surface area contributed by atoms with Crippen LogP contribution in [0.2, 0.25) is 0 Å². The van der Waals surface area contributed by atoms with Crippen LogP contribution in [0.4, 0.5) is 11.4 Å². The molecule has 0 bridgehead atoms. The maximum Gasteiger partial charge on any atom is 0.529 e. The summed E-state index contributed by atoms with van der Waals surface area (Å²) in [6.45, 7) is 0.609. The van der Waals surface area contributed by atoms with Crippen LogP contribution in [0.5, 0.6) is 0 Å².